The molecule has 0 spiro atoms. The van der Waals surface area contributed by atoms with Gasteiger partial charge in [0, 0.05) is 13.1 Å². The third-order valence-electron chi connectivity index (χ3n) is 1.73. The zero-order chi connectivity index (χ0) is 7.72. The fourth-order valence-corrected chi connectivity index (χ4v) is 0.792. The molecule has 1 aliphatic heterocycles. The molecule has 1 unspecified atom stereocenters. The van der Waals surface area contributed by atoms with Crippen LogP contribution in [-0.2, 0) is 9.59 Å². The molecule has 1 aliphatic rings. The van der Waals surface area contributed by atoms with Gasteiger partial charge in [-0.1, -0.05) is 0 Å². The Hall–Kier alpha value is -1.12. The minimum absolute atomic E-state index is 0.0119. The van der Waals surface area contributed by atoms with Gasteiger partial charge in [0.2, 0.25) is 5.91 Å². The van der Waals surface area contributed by atoms with Crippen LogP contribution >= 0.6 is 0 Å². The summed E-state index contributed by atoms with van der Waals surface area (Å²) in [4.78, 5) is 23.1. The van der Waals surface area contributed by atoms with Crippen LogP contribution in [0, 0.1) is 0 Å². The lowest BCUT2D eigenvalue weighted by Gasteiger charge is -2.24. The van der Waals surface area contributed by atoms with E-state index in [0.29, 0.717) is 0 Å². The van der Waals surface area contributed by atoms with Gasteiger partial charge in [-0.2, -0.15) is 0 Å². The van der Waals surface area contributed by atoms with E-state index in [1.807, 2.05) is 0 Å². The molecule has 0 saturated heterocycles. The summed E-state index contributed by atoms with van der Waals surface area (Å²) in [6.07, 6.45) is 2.62. The van der Waals surface area contributed by atoms with Crippen molar-refractivity contribution in [3.8, 4) is 0 Å². The number of hydrogen-bond acceptors (Lipinski definition) is 2. The second-order valence-electron chi connectivity index (χ2n) is 2.36. The van der Waals surface area contributed by atoms with Crippen LogP contribution < -0.4 is 0 Å². The summed E-state index contributed by atoms with van der Waals surface area (Å²) in [6.45, 7) is 1.71. The van der Waals surface area contributed by atoms with E-state index in [-0.39, 0.29) is 17.7 Å². The summed E-state index contributed by atoms with van der Waals surface area (Å²) in [5.41, 5.74) is 0. The number of amides is 1. The van der Waals surface area contributed by atoms with Gasteiger partial charge in [0.25, 0.3) is 0 Å². The van der Waals surface area contributed by atoms with Crippen LogP contribution in [0.1, 0.15) is 6.92 Å². The monoisotopic (exact) mass is 139 g/mol. The average Bonchev–Trinajstić information content (AvgIpc) is 1.93. The zero-order valence-corrected chi connectivity index (χ0v) is 6.00. The van der Waals surface area contributed by atoms with Crippen molar-refractivity contribution in [3.05, 3.63) is 12.2 Å². The first-order valence-corrected chi connectivity index (χ1v) is 3.11. The summed E-state index contributed by atoms with van der Waals surface area (Å²) in [7, 11) is 1.62. The van der Waals surface area contributed by atoms with Gasteiger partial charge in [-0.05, 0) is 13.0 Å². The highest BCUT2D eigenvalue weighted by Gasteiger charge is 2.22. The van der Waals surface area contributed by atoms with E-state index in [0.717, 1.165) is 0 Å². The molecule has 0 aromatic heterocycles. The fourth-order valence-electron chi connectivity index (χ4n) is 0.792. The van der Waals surface area contributed by atoms with Crippen molar-refractivity contribution in [1.82, 2.24) is 4.90 Å². The number of rotatable bonds is 0. The predicted molar refractivity (Wildman–Crippen MR) is 36.4 cm³/mol. The first-order valence-electron chi connectivity index (χ1n) is 3.11. The highest BCUT2D eigenvalue weighted by molar-refractivity contribution is 6.05. The van der Waals surface area contributed by atoms with E-state index in [1.54, 1.807) is 14.0 Å². The molecule has 1 amide bonds. The molecular weight excluding hydrogens is 130 g/mol. The Kier molecular flexibility index (Phi) is 1.57. The second kappa shape index (κ2) is 2.25. The van der Waals surface area contributed by atoms with E-state index in [4.69, 9.17) is 0 Å². The van der Waals surface area contributed by atoms with Crippen molar-refractivity contribution in [1.29, 1.82) is 0 Å². The van der Waals surface area contributed by atoms with E-state index in [9.17, 15) is 9.59 Å². The molecule has 0 aromatic rings. The molecular formula is C7H9NO2. The summed E-state index contributed by atoms with van der Waals surface area (Å²) in [5.74, 6) is -0.116. The number of ketones is 1. The van der Waals surface area contributed by atoms with Crippen molar-refractivity contribution in [3.63, 3.8) is 0 Å². The summed E-state index contributed by atoms with van der Waals surface area (Å²) in [5, 5.41) is 0. The number of hydrogen-bond donors (Lipinski definition) is 0. The quantitative estimate of drug-likeness (QED) is 0.472. The minimum atomic E-state index is -0.294. The standard InChI is InChI=1S/C7H9NO2/c1-5-6(9)3-4-7(10)8(5)2/h3-5H,1-2H3. The minimum Gasteiger partial charge on any atom is -0.332 e. The Morgan fingerprint density at radius 1 is 1.40 bits per heavy atom. The van der Waals surface area contributed by atoms with E-state index in [2.05, 4.69) is 0 Å². The molecule has 1 heterocycles. The average molecular weight is 139 g/mol. The van der Waals surface area contributed by atoms with Gasteiger partial charge in [0.05, 0.1) is 6.04 Å². The normalized spacial score (nSPS) is 25.8. The van der Waals surface area contributed by atoms with Gasteiger partial charge in [0.1, 0.15) is 0 Å². The molecule has 3 nitrogen and oxygen atoms in total. The van der Waals surface area contributed by atoms with Crippen LogP contribution in [0.25, 0.3) is 0 Å². The van der Waals surface area contributed by atoms with Gasteiger partial charge in [-0.15, -0.1) is 0 Å². The molecule has 3 heteroatoms. The van der Waals surface area contributed by atoms with Crippen LogP contribution in [0.3, 0.4) is 0 Å². The van der Waals surface area contributed by atoms with Gasteiger partial charge >= 0.3 is 0 Å². The molecule has 0 radical (unpaired) electrons. The lowest BCUT2D eigenvalue weighted by Crippen LogP contribution is -2.41. The molecule has 1 atom stereocenters. The van der Waals surface area contributed by atoms with Crippen LogP contribution in [0.15, 0.2) is 12.2 Å². The van der Waals surface area contributed by atoms with Crippen molar-refractivity contribution in [2.45, 2.75) is 13.0 Å². The maximum absolute atomic E-state index is 10.9. The van der Waals surface area contributed by atoms with Gasteiger partial charge in [-0.3, -0.25) is 9.59 Å². The molecule has 54 valence electrons. The van der Waals surface area contributed by atoms with Gasteiger partial charge < -0.3 is 4.90 Å². The number of nitrogens with zero attached hydrogens (tertiary/aromatic N) is 1. The Labute approximate surface area is 59.3 Å². The predicted octanol–water partition coefficient (Wildman–Crippen LogP) is -0.0278. The molecule has 0 bridgehead atoms. The maximum Gasteiger partial charge on any atom is 0.247 e. The summed E-state index contributed by atoms with van der Waals surface area (Å²) < 4.78 is 0. The fraction of sp³-hybridized carbons (Fsp3) is 0.429. The number of carbonyl (C=O) groups is 2. The molecule has 0 N–H and O–H groups in total. The van der Waals surface area contributed by atoms with Crippen LogP contribution in [-0.4, -0.2) is 29.7 Å². The first kappa shape index (κ1) is 6.99. The number of likely N-dealkylation sites (N-methyl/N-ethyl adjacent to an activating group) is 1. The lowest BCUT2D eigenvalue weighted by atomic mass is 10.1. The Bertz CT molecular complexity index is 186. The third-order valence-corrected chi connectivity index (χ3v) is 1.73. The first-order chi connectivity index (χ1) is 4.63. The van der Waals surface area contributed by atoms with E-state index < -0.39 is 0 Å². The summed E-state index contributed by atoms with van der Waals surface area (Å²) >= 11 is 0. The smallest absolute Gasteiger partial charge is 0.247 e. The van der Waals surface area contributed by atoms with Crippen molar-refractivity contribution in [2.75, 3.05) is 7.05 Å². The van der Waals surface area contributed by atoms with Gasteiger partial charge in [0.15, 0.2) is 5.78 Å². The van der Waals surface area contributed by atoms with Crippen LogP contribution in [0.2, 0.25) is 0 Å². The molecule has 0 aliphatic carbocycles. The van der Waals surface area contributed by atoms with Gasteiger partial charge in [-0.25, -0.2) is 0 Å². The largest absolute Gasteiger partial charge is 0.332 e. The summed E-state index contributed by atoms with van der Waals surface area (Å²) in [6, 6.07) is -0.294. The van der Waals surface area contributed by atoms with Crippen molar-refractivity contribution >= 4 is 11.7 Å². The molecule has 0 aromatic carbocycles. The topological polar surface area (TPSA) is 37.4 Å². The van der Waals surface area contributed by atoms with E-state index >= 15 is 0 Å². The highest BCUT2D eigenvalue weighted by atomic mass is 16.2. The van der Waals surface area contributed by atoms with Crippen LogP contribution in [0.4, 0.5) is 0 Å². The highest BCUT2D eigenvalue weighted by Crippen LogP contribution is 2.04. The molecule has 10 heavy (non-hydrogen) atoms. The van der Waals surface area contributed by atoms with E-state index in [1.165, 1.54) is 17.1 Å². The Morgan fingerprint density at radius 3 is 2.50 bits per heavy atom. The second-order valence-corrected chi connectivity index (χ2v) is 2.36. The van der Waals surface area contributed by atoms with Crippen molar-refractivity contribution < 1.29 is 9.59 Å². The molecule has 0 fully saturated rings. The SMILES string of the molecule is CC1C(=O)C=CC(=O)N1C. The molecule has 0 saturated carbocycles. The maximum atomic E-state index is 10.9. The Morgan fingerprint density at radius 2 is 2.00 bits per heavy atom. The molecule has 1 rings (SSSR count). The third kappa shape index (κ3) is 0.943. The lowest BCUT2D eigenvalue weighted by molar-refractivity contribution is -0.133. The Balaban J connectivity index is 2.89. The number of carbonyl (C=O) groups excluding carboxylic acids is 2. The van der Waals surface area contributed by atoms with Crippen molar-refractivity contribution in [2.24, 2.45) is 0 Å². The van der Waals surface area contributed by atoms with Crippen LogP contribution in [0.5, 0.6) is 0 Å². The zero-order valence-electron chi connectivity index (χ0n) is 6.00.